The Balaban J connectivity index is 0. The van der Waals surface area contributed by atoms with Crippen LogP contribution in [-0.2, 0) is 4.79 Å². The molecule has 0 unspecified atom stereocenters. The second kappa shape index (κ2) is 8.24. The molecule has 0 aromatic carbocycles. The number of halogens is 1. The summed E-state index contributed by atoms with van der Waals surface area (Å²) in [5, 5.41) is 7.89. The van der Waals surface area contributed by atoms with Gasteiger partial charge in [0.25, 0.3) is 0 Å². The molecule has 0 rings (SSSR count). The van der Waals surface area contributed by atoms with E-state index < -0.39 is 5.97 Å². The number of aliphatic carboxylic acids is 1. The highest BCUT2D eigenvalue weighted by atomic mass is 35.5. The van der Waals surface area contributed by atoms with Gasteiger partial charge in [-0.1, -0.05) is 24.3 Å². The van der Waals surface area contributed by atoms with Crippen LogP contribution in [-0.4, -0.2) is 11.1 Å². The lowest BCUT2D eigenvalue weighted by molar-refractivity contribution is -0.132. The van der Waals surface area contributed by atoms with Crippen LogP contribution in [0.2, 0.25) is 0 Å². The van der Waals surface area contributed by atoms with E-state index in [2.05, 4.69) is 6.58 Å². The minimum absolute atomic E-state index is 0.176. The van der Waals surface area contributed by atoms with Crippen LogP contribution in [0.3, 0.4) is 0 Å². The smallest absolute Gasteiger partial charge is 0.330 e. The number of hydrogen-bond acceptors (Lipinski definition) is 1. The van der Waals surface area contributed by atoms with Crippen LogP contribution in [0, 0.1) is 0 Å². The largest absolute Gasteiger partial charge is 0.478 e. The summed E-state index contributed by atoms with van der Waals surface area (Å²) in [4.78, 5) is 9.60. The summed E-state index contributed by atoms with van der Waals surface area (Å²) in [5.74, 6) is -0.935. The number of allylic oxidation sites excluding steroid dienone is 1. The topological polar surface area (TPSA) is 37.3 Å². The first kappa shape index (κ1) is 12.0. The van der Waals surface area contributed by atoms with Crippen LogP contribution in [0.1, 0.15) is 13.8 Å². The van der Waals surface area contributed by atoms with Crippen molar-refractivity contribution in [2.45, 2.75) is 13.8 Å². The molecular weight excluding hydrogens is 152 g/mol. The van der Waals surface area contributed by atoms with E-state index in [0.717, 1.165) is 0 Å². The molecule has 3 heteroatoms. The van der Waals surface area contributed by atoms with Crippen molar-refractivity contribution in [2.24, 2.45) is 0 Å². The highest BCUT2D eigenvalue weighted by Gasteiger charge is 1.90. The Labute approximate surface area is 65.8 Å². The first-order valence-electron chi connectivity index (χ1n) is 2.66. The SMILES string of the molecule is C=C(C)C(=O)O.CC=CCl. The third-order valence-corrected chi connectivity index (χ3v) is 0.743. The quantitative estimate of drug-likeness (QED) is 0.602. The predicted octanol–water partition coefficient (Wildman–Crippen LogP) is 2.41. The third kappa shape index (κ3) is 15.7. The summed E-state index contributed by atoms with van der Waals surface area (Å²) >= 11 is 5.01. The summed E-state index contributed by atoms with van der Waals surface area (Å²) in [5.41, 5.74) is 1.65. The summed E-state index contributed by atoms with van der Waals surface area (Å²) < 4.78 is 0. The van der Waals surface area contributed by atoms with Gasteiger partial charge in [0.15, 0.2) is 0 Å². The Morgan fingerprint density at radius 1 is 1.70 bits per heavy atom. The molecule has 0 saturated heterocycles. The second-order valence-electron chi connectivity index (χ2n) is 1.54. The van der Waals surface area contributed by atoms with Gasteiger partial charge in [0, 0.05) is 5.57 Å². The molecule has 0 aromatic heterocycles. The van der Waals surface area contributed by atoms with Crippen molar-refractivity contribution >= 4 is 17.6 Å². The fourth-order valence-corrected chi connectivity index (χ4v) is 0. The Morgan fingerprint density at radius 3 is 1.90 bits per heavy atom. The van der Waals surface area contributed by atoms with Crippen LogP contribution in [0.15, 0.2) is 23.8 Å². The van der Waals surface area contributed by atoms with Crippen LogP contribution in [0.5, 0.6) is 0 Å². The minimum Gasteiger partial charge on any atom is -0.478 e. The molecule has 2 nitrogen and oxygen atoms in total. The Morgan fingerprint density at radius 2 is 1.90 bits per heavy atom. The molecule has 0 aliphatic rings. The van der Waals surface area contributed by atoms with Crippen molar-refractivity contribution in [3.8, 4) is 0 Å². The fourth-order valence-electron chi connectivity index (χ4n) is 0. The van der Waals surface area contributed by atoms with Gasteiger partial charge in [-0.15, -0.1) is 0 Å². The summed E-state index contributed by atoms with van der Waals surface area (Å²) in [6, 6.07) is 0. The molecule has 0 aliphatic heterocycles. The van der Waals surface area contributed by atoms with Gasteiger partial charge in [0.05, 0.1) is 0 Å². The Kier molecular flexibility index (Phi) is 9.86. The normalized spacial score (nSPS) is 8.30. The molecule has 0 fully saturated rings. The Bertz CT molecular complexity index is 123. The molecular formula is C7H11ClO2. The molecule has 10 heavy (non-hydrogen) atoms. The molecule has 0 radical (unpaired) electrons. The molecule has 0 amide bonds. The molecule has 0 spiro atoms. The van der Waals surface area contributed by atoms with Crippen LogP contribution in [0.4, 0.5) is 0 Å². The number of hydrogen-bond donors (Lipinski definition) is 1. The first-order valence-corrected chi connectivity index (χ1v) is 3.10. The van der Waals surface area contributed by atoms with E-state index in [9.17, 15) is 4.79 Å². The van der Waals surface area contributed by atoms with Crippen molar-refractivity contribution in [1.82, 2.24) is 0 Å². The molecule has 0 aliphatic carbocycles. The van der Waals surface area contributed by atoms with Gasteiger partial charge in [0.1, 0.15) is 0 Å². The van der Waals surface area contributed by atoms with Gasteiger partial charge in [-0.2, -0.15) is 0 Å². The minimum atomic E-state index is -0.935. The molecule has 0 atom stereocenters. The van der Waals surface area contributed by atoms with Gasteiger partial charge in [-0.05, 0) is 19.4 Å². The van der Waals surface area contributed by atoms with Gasteiger partial charge in [-0.25, -0.2) is 4.79 Å². The van der Waals surface area contributed by atoms with E-state index in [1.165, 1.54) is 12.5 Å². The monoisotopic (exact) mass is 162 g/mol. The van der Waals surface area contributed by atoms with Gasteiger partial charge in [-0.3, -0.25) is 0 Å². The maximum Gasteiger partial charge on any atom is 0.330 e. The van der Waals surface area contributed by atoms with E-state index in [4.69, 9.17) is 16.7 Å². The first-order chi connectivity index (χ1) is 4.56. The molecule has 1 N–H and O–H groups in total. The maximum atomic E-state index is 9.60. The van der Waals surface area contributed by atoms with Crippen LogP contribution >= 0.6 is 11.6 Å². The third-order valence-electron chi connectivity index (χ3n) is 0.491. The number of carboxylic acids is 1. The van der Waals surface area contributed by atoms with E-state index in [0.29, 0.717) is 0 Å². The van der Waals surface area contributed by atoms with Crippen molar-refractivity contribution in [3.05, 3.63) is 23.8 Å². The number of rotatable bonds is 1. The second-order valence-corrected chi connectivity index (χ2v) is 1.80. The molecule has 0 bridgehead atoms. The number of carbonyl (C=O) groups is 1. The lowest BCUT2D eigenvalue weighted by Gasteiger charge is -1.79. The van der Waals surface area contributed by atoms with Crippen molar-refractivity contribution in [3.63, 3.8) is 0 Å². The summed E-state index contributed by atoms with van der Waals surface area (Å²) in [6.07, 6.45) is 1.77. The van der Waals surface area contributed by atoms with Crippen molar-refractivity contribution < 1.29 is 9.90 Å². The lowest BCUT2D eigenvalue weighted by Crippen LogP contribution is -1.92. The average Bonchev–Trinajstić information content (AvgIpc) is 1.89. The Hall–Kier alpha value is -0.760. The van der Waals surface area contributed by atoms with E-state index in [1.54, 1.807) is 6.08 Å². The molecule has 0 aromatic rings. The van der Waals surface area contributed by atoms with Crippen LogP contribution in [0.25, 0.3) is 0 Å². The molecule has 0 saturated carbocycles. The van der Waals surface area contributed by atoms with Gasteiger partial charge in [0.2, 0.25) is 0 Å². The zero-order valence-electron chi connectivity index (χ0n) is 6.10. The zero-order valence-corrected chi connectivity index (χ0v) is 6.85. The van der Waals surface area contributed by atoms with Crippen molar-refractivity contribution in [1.29, 1.82) is 0 Å². The van der Waals surface area contributed by atoms with Gasteiger partial charge >= 0.3 is 5.97 Å². The summed E-state index contributed by atoms with van der Waals surface area (Å²) in [7, 11) is 0. The fraction of sp³-hybridized carbons (Fsp3) is 0.286. The van der Waals surface area contributed by atoms with Crippen LogP contribution < -0.4 is 0 Å². The predicted molar refractivity (Wildman–Crippen MR) is 43.1 cm³/mol. The highest BCUT2D eigenvalue weighted by Crippen LogP contribution is 1.81. The zero-order chi connectivity index (χ0) is 8.57. The molecule has 58 valence electrons. The summed E-state index contributed by atoms with van der Waals surface area (Å²) in [6.45, 7) is 6.47. The van der Waals surface area contributed by atoms with E-state index in [-0.39, 0.29) is 5.57 Å². The van der Waals surface area contributed by atoms with E-state index in [1.807, 2.05) is 6.92 Å². The lowest BCUT2D eigenvalue weighted by atomic mass is 10.4. The van der Waals surface area contributed by atoms with E-state index >= 15 is 0 Å². The van der Waals surface area contributed by atoms with Crippen molar-refractivity contribution in [2.75, 3.05) is 0 Å². The number of carboxylic acid groups (broad SMARTS) is 1. The highest BCUT2D eigenvalue weighted by molar-refractivity contribution is 6.25. The average molecular weight is 163 g/mol. The molecule has 0 heterocycles. The van der Waals surface area contributed by atoms with Gasteiger partial charge < -0.3 is 5.11 Å². The standard InChI is InChI=1S/C4H6O2.C3H5Cl/c1-3(2)4(5)6;1-2-3-4/h1H2,2H3,(H,5,6);2-3H,1H3. The maximum absolute atomic E-state index is 9.60.